The van der Waals surface area contributed by atoms with Gasteiger partial charge in [0, 0.05) is 17.8 Å². The Bertz CT molecular complexity index is 412. The Kier molecular flexibility index (Phi) is 2.45. The number of hydrogen-bond acceptors (Lipinski definition) is 2. The average molecular weight is 184 g/mol. The lowest BCUT2D eigenvalue weighted by Crippen LogP contribution is -1.85. The number of hydrogen-bond donors (Lipinski definition) is 0. The fourth-order valence-electron chi connectivity index (χ4n) is 1.27. The van der Waals surface area contributed by atoms with Gasteiger partial charge in [-0.3, -0.25) is 4.98 Å². The van der Waals surface area contributed by atoms with Gasteiger partial charge in [0.1, 0.15) is 5.75 Å². The van der Waals surface area contributed by atoms with Crippen molar-refractivity contribution in [2.24, 2.45) is 0 Å². The van der Waals surface area contributed by atoms with Gasteiger partial charge in [0.15, 0.2) is 0 Å². The maximum Gasteiger partial charge on any atom is 0.119 e. The van der Waals surface area contributed by atoms with Gasteiger partial charge in [-0.05, 0) is 18.2 Å². The van der Waals surface area contributed by atoms with Crippen LogP contribution in [-0.4, -0.2) is 12.1 Å². The second-order valence-corrected chi connectivity index (χ2v) is 2.88. The van der Waals surface area contributed by atoms with E-state index in [0.29, 0.717) is 0 Å². The molecule has 2 aromatic rings. The monoisotopic (exact) mass is 184 g/mol. The van der Waals surface area contributed by atoms with Gasteiger partial charge in [0.25, 0.3) is 0 Å². The van der Waals surface area contributed by atoms with E-state index >= 15 is 0 Å². The van der Waals surface area contributed by atoms with Crippen LogP contribution >= 0.6 is 0 Å². The molecule has 14 heavy (non-hydrogen) atoms. The van der Waals surface area contributed by atoms with Crippen LogP contribution in [0.15, 0.2) is 42.6 Å². The second-order valence-electron chi connectivity index (χ2n) is 2.88. The zero-order valence-corrected chi connectivity index (χ0v) is 7.90. The van der Waals surface area contributed by atoms with Gasteiger partial charge in [0.2, 0.25) is 0 Å². The first kappa shape index (κ1) is 8.75. The van der Waals surface area contributed by atoms with Crippen LogP contribution in [0, 0.1) is 6.07 Å². The minimum Gasteiger partial charge on any atom is -0.497 e. The average Bonchev–Trinajstić information content (AvgIpc) is 2.30. The predicted octanol–water partition coefficient (Wildman–Crippen LogP) is 2.56. The molecule has 0 aliphatic heterocycles. The fraction of sp³-hybridized carbons (Fsp3) is 0.0833. The standard InChI is InChI=1S/C12H10NO/c1-14-11-6-4-5-10(9-11)12-7-2-3-8-13-12/h2,4-9H,1H3. The zero-order valence-electron chi connectivity index (χ0n) is 7.90. The molecule has 2 rings (SSSR count). The Hall–Kier alpha value is -1.83. The molecule has 0 N–H and O–H groups in total. The molecule has 1 heterocycles. The summed E-state index contributed by atoms with van der Waals surface area (Å²) in [5.74, 6) is 0.845. The van der Waals surface area contributed by atoms with Gasteiger partial charge in [0.05, 0.1) is 12.8 Å². The molecule has 0 fully saturated rings. The van der Waals surface area contributed by atoms with Crippen molar-refractivity contribution in [3.63, 3.8) is 0 Å². The highest BCUT2D eigenvalue weighted by molar-refractivity contribution is 5.60. The van der Waals surface area contributed by atoms with Crippen LogP contribution in [0.3, 0.4) is 0 Å². The van der Waals surface area contributed by atoms with Crippen molar-refractivity contribution in [1.82, 2.24) is 4.98 Å². The summed E-state index contributed by atoms with van der Waals surface area (Å²) in [6.07, 6.45) is 1.66. The summed E-state index contributed by atoms with van der Waals surface area (Å²) in [6.45, 7) is 0. The van der Waals surface area contributed by atoms with E-state index in [2.05, 4.69) is 11.1 Å². The summed E-state index contributed by atoms with van der Waals surface area (Å²) in [5.41, 5.74) is 1.99. The number of benzene rings is 1. The van der Waals surface area contributed by atoms with Gasteiger partial charge < -0.3 is 4.74 Å². The highest BCUT2D eigenvalue weighted by Gasteiger charge is 1.98. The predicted molar refractivity (Wildman–Crippen MR) is 55.1 cm³/mol. The third-order valence-corrected chi connectivity index (χ3v) is 1.98. The van der Waals surface area contributed by atoms with E-state index in [1.54, 1.807) is 13.3 Å². The summed E-state index contributed by atoms with van der Waals surface area (Å²) < 4.78 is 5.14. The Morgan fingerprint density at radius 1 is 1.29 bits per heavy atom. The lowest BCUT2D eigenvalue weighted by Gasteiger charge is -2.02. The molecule has 0 aliphatic rings. The quantitative estimate of drug-likeness (QED) is 0.715. The van der Waals surface area contributed by atoms with Crippen LogP contribution in [0.25, 0.3) is 11.3 Å². The second kappa shape index (κ2) is 3.92. The molecular weight excluding hydrogens is 174 g/mol. The highest BCUT2D eigenvalue weighted by atomic mass is 16.5. The minimum atomic E-state index is 0.845. The molecule has 0 aliphatic carbocycles. The largest absolute Gasteiger partial charge is 0.497 e. The van der Waals surface area contributed by atoms with Gasteiger partial charge in [-0.1, -0.05) is 18.2 Å². The fourth-order valence-corrected chi connectivity index (χ4v) is 1.27. The number of aromatic nitrogens is 1. The molecule has 0 saturated heterocycles. The number of nitrogens with zero attached hydrogens (tertiary/aromatic N) is 1. The highest BCUT2D eigenvalue weighted by Crippen LogP contribution is 2.21. The Morgan fingerprint density at radius 2 is 2.21 bits per heavy atom. The maximum absolute atomic E-state index is 5.14. The number of rotatable bonds is 2. The van der Waals surface area contributed by atoms with Crippen LogP contribution in [-0.2, 0) is 0 Å². The molecule has 69 valence electrons. The molecule has 1 aromatic carbocycles. The summed E-state index contributed by atoms with van der Waals surface area (Å²) in [6, 6.07) is 14.5. The molecule has 0 spiro atoms. The van der Waals surface area contributed by atoms with Crippen LogP contribution < -0.4 is 4.74 Å². The van der Waals surface area contributed by atoms with E-state index < -0.39 is 0 Å². The third kappa shape index (κ3) is 1.74. The van der Waals surface area contributed by atoms with Gasteiger partial charge in [-0.2, -0.15) is 0 Å². The van der Waals surface area contributed by atoms with Crippen LogP contribution in [0.1, 0.15) is 0 Å². The van der Waals surface area contributed by atoms with Gasteiger partial charge >= 0.3 is 0 Å². The van der Waals surface area contributed by atoms with E-state index in [1.807, 2.05) is 36.4 Å². The van der Waals surface area contributed by atoms with Gasteiger partial charge in [-0.25, -0.2) is 0 Å². The minimum absolute atomic E-state index is 0.845. The van der Waals surface area contributed by atoms with Crippen molar-refractivity contribution < 1.29 is 4.74 Å². The van der Waals surface area contributed by atoms with Crippen molar-refractivity contribution in [3.05, 3.63) is 48.7 Å². The van der Waals surface area contributed by atoms with E-state index in [0.717, 1.165) is 17.0 Å². The van der Waals surface area contributed by atoms with Crippen LogP contribution in [0.2, 0.25) is 0 Å². The summed E-state index contributed by atoms with van der Waals surface area (Å²) in [4.78, 5) is 4.21. The van der Waals surface area contributed by atoms with Crippen molar-refractivity contribution in [1.29, 1.82) is 0 Å². The third-order valence-electron chi connectivity index (χ3n) is 1.98. The van der Waals surface area contributed by atoms with Crippen LogP contribution in [0.4, 0.5) is 0 Å². The van der Waals surface area contributed by atoms with Crippen molar-refractivity contribution >= 4 is 0 Å². The lowest BCUT2D eigenvalue weighted by atomic mass is 10.1. The molecule has 0 saturated carbocycles. The summed E-state index contributed by atoms with van der Waals surface area (Å²) in [7, 11) is 1.66. The molecule has 0 atom stereocenters. The molecule has 2 heteroatoms. The first-order chi connectivity index (χ1) is 6.90. The summed E-state index contributed by atoms with van der Waals surface area (Å²) in [5, 5.41) is 0. The van der Waals surface area contributed by atoms with E-state index in [1.165, 1.54) is 0 Å². The van der Waals surface area contributed by atoms with Crippen molar-refractivity contribution in [3.8, 4) is 17.0 Å². The zero-order chi connectivity index (χ0) is 9.80. The Labute approximate surface area is 83.2 Å². The smallest absolute Gasteiger partial charge is 0.119 e. The maximum atomic E-state index is 5.14. The lowest BCUT2D eigenvalue weighted by molar-refractivity contribution is 0.415. The number of methoxy groups -OCH3 is 1. The molecule has 2 nitrogen and oxygen atoms in total. The molecule has 1 radical (unpaired) electrons. The molecule has 0 bridgehead atoms. The normalized spacial score (nSPS) is 9.79. The van der Waals surface area contributed by atoms with E-state index in [9.17, 15) is 0 Å². The molecule has 1 aromatic heterocycles. The van der Waals surface area contributed by atoms with Gasteiger partial charge in [-0.15, -0.1) is 0 Å². The van der Waals surface area contributed by atoms with Crippen molar-refractivity contribution in [2.45, 2.75) is 0 Å². The van der Waals surface area contributed by atoms with E-state index in [4.69, 9.17) is 4.74 Å². The Balaban J connectivity index is 2.42. The number of ether oxygens (including phenoxy) is 1. The SMILES string of the molecule is COc1cccc(-c2cc[c]cn2)c1. The number of pyridine rings is 1. The Morgan fingerprint density at radius 3 is 2.93 bits per heavy atom. The summed E-state index contributed by atoms with van der Waals surface area (Å²) >= 11 is 0. The molecular formula is C12H10NO. The first-order valence-corrected chi connectivity index (χ1v) is 4.36. The van der Waals surface area contributed by atoms with E-state index in [-0.39, 0.29) is 0 Å². The first-order valence-electron chi connectivity index (χ1n) is 4.36. The topological polar surface area (TPSA) is 22.1 Å². The van der Waals surface area contributed by atoms with Crippen LogP contribution in [0.5, 0.6) is 5.75 Å². The molecule has 0 unspecified atom stereocenters. The van der Waals surface area contributed by atoms with Crippen molar-refractivity contribution in [2.75, 3.05) is 7.11 Å². The molecule has 0 amide bonds.